The lowest BCUT2D eigenvalue weighted by Crippen LogP contribution is -2.50. The quantitative estimate of drug-likeness (QED) is 0.292. The molecule has 0 aliphatic carbocycles. The third-order valence-corrected chi connectivity index (χ3v) is 7.37. The van der Waals surface area contributed by atoms with Crippen LogP contribution in [0.1, 0.15) is 22.7 Å². The minimum Gasteiger partial charge on any atom is -0.431 e. The van der Waals surface area contributed by atoms with Crippen molar-refractivity contribution in [2.45, 2.75) is 24.7 Å². The molecule has 2 aromatic heterocycles. The zero-order valence-electron chi connectivity index (χ0n) is 21.2. The Morgan fingerprint density at radius 1 is 0.951 bits per heavy atom. The number of alkyl halides is 3. The van der Waals surface area contributed by atoms with E-state index < -0.39 is 23.5 Å². The molecular weight excluding hydrogens is 561 g/mol. The minimum atomic E-state index is -4.91. The molecule has 2 aliphatic heterocycles. The van der Waals surface area contributed by atoms with Crippen molar-refractivity contribution in [3.8, 4) is 11.5 Å². The molecule has 2 saturated heterocycles. The Hall–Kier alpha value is -4.58. The van der Waals surface area contributed by atoms with Gasteiger partial charge in [-0.25, -0.2) is 14.8 Å². The number of nitrogens with one attached hydrogen (secondary N) is 2. The van der Waals surface area contributed by atoms with Crippen LogP contribution in [0.4, 0.5) is 35.2 Å². The van der Waals surface area contributed by atoms with Crippen LogP contribution in [0.25, 0.3) is 11.5 Å². The van der Waals surface area contributed by atoms with Crippen LogP contribution in [-0.2, 0) is 6.18 Å². The number of oxazole rings is 1. The highest BCUT2D eigenvalue weighted by atomic mass is 35.5. The fourth-order valence-electron chi connectivity index (χ4n) is 5.14. The number of nitrogens with zero attached hydrogens (tertiary/aromatic N) is 4. The Labute approximate surface area is 236 Å². The number of carbonyl (C=O) groups is 2. The van der Waals surface area contributed by atoms with E-state index in [1.165, 1.54) is 18.3 Å². The van der Waals surface area contributed by atoms with E-state index in [9.17, 15) is 22.8 Å². The number of fused-ring (bicyclic) bond motifs is 2. The van der Waals surface area contributed by atoms with Gasteiger partial charge >= 0.3 is 12.2 Å². The highest BCUT2D eigenvalue weighted by Gasteiger charge is 2.46. The lowest BCUT2D eigenvalue weighted by Gasteiger charge is -2.35. The second-order valence-electron chi connectivity index (χ2n) is 9.68. The summed E-state index contributed by atoms with van der Waals surface area (Å²) in [5, 5.41) is 5.73. The molecule has 6 rings (SSSR count). The summed E-state index contributed by atoms with van der Waals surface area (Å²) in [6.45, 7) is 1.06. The van der Waals surface area contributed by atoms with Gasteiger partial charge in [0.25, 0.3) is 5.91 Å². The fourth-order valence-corrected chi connectivity index (χ4v) is 5.32. The number of piperazine rings is 1. The van der Waals surface area contributed by atoms with Crippen LogP contribution in [0, 0.1) is 0 Å². The van der Waals surface area contributed by atoms with Crippen LogP contribution >= 0.6 is 11.6 Å². The standard InChI is InChI=1S/C28H22ClF3N6O3/c29-20-8-4-5-9-21(20)35-27(40)38-15-18-12-19(38)14-37(18)22-11-10-17(13-33-22)34-25(39)23-24(28(30,31)32)41-26(36-23)16-6-2-1-3-7-16/h1-11,13,18-19H,12,14-15H2,(H,34,39)(H,35,40). The number of pyridine rings is 1. The van der Waals surface area contributed by atoms with Gasteiger partial charge in [0.15, 0.2) is 5.69 Å². The van der Waals surface area contributed by atoms with Crippen LogP contribution < -0.4 is 15.5 Å². The Balaban J connectivity index is 1.11. The van der Waals surface area contributed by atoms with Gasteiger partial charge in [0.2, 0.25) is 11.7 Å². The number of urea groups is 1. The number of hydrogen-bond acceptors (Lipinski definition) is 6. The normalized spacial score (nSPS) is 18.0. The SMILES string of the molecule is O=C(Nc1ccc(N2CC3CC2CN3C(=O)Nc2ccccc2Cl)nc1)c1nc(-c2ccccc2)oc1C(F)(F)F. The molecule has 2 atom stereocenters. The van der Waals surface area contributed by atoms with Crippen molar-refractivity contribution < 1.29 is 27.2 Å². The first-order valence-corrected chi connectivity index (χ1v) is 13.0. The number of aromatic nitrogens is 2. The average molecular weight is 583 g/mol. The highest BCUT2D eigenvalue weighted by Crippen LogP contribution is 2.37. The zero-order valence-corrected chi connectivity index (χ0v) is 22.0. The highest BCUT2D eigenvalue weighted by molar-refractivity contribution is 6.33. The number of anilines is 3. The second kappa shape index (κ2) is 10.4. The smallest absolute Gasteiger partial charge is 0.431 e. The first kappa shape index (κ1) is 26.6. The first-order valence-electron chi connectivity index (χ1n) is 12.7. The number of likely N-dealkylation sites (tertiary alicyclic amines) is 1. The number of carbonyl (C=O) groups excluding carboxylic acids is 2. The topological polar surface area (TPSA) is 104 Å². The lowest BCUT2D eigenvalue weighted by molar-refractivity contribution is -0.153. The number of para-hydroxylation sites is 1. The van der Waals surface area contributed by atoms with Crippen LogP contribution in [0.5, 0.6) is 0 Å². The number of rotatable bonds is 5. The Morgan fingerprint density at radius 3 is 2.37 bits per heavy atom. The molecule has 2 fully saturated rings. The van der Waals surface area contributed by atoms with E-state index >= 15 is 0 Å². The van der Waals surface area contributed by atoms with Crippen LogP contribution in [0.2, 0.25) is 5.02 Å². The average Bonchev–Trinajstić information content (AvgIpc) is 3.70. The van der Waals surface area contributed by atoms with E-state index in [1.807, 2.05) is 0 Å². The molecule has 2 unspecified atom stereocenters. The summed E-state index contributed by atoms with van der Waals surface area (Å²) in [7, 11) is 0. The van der Waals surface area contributed by atoms with Gasteiger partial charge in [-0.15, -0.1) is 0 Å². The van der Waals surface area contributed by atoms with Crippen molar-refractivity contribution in [1.82, 2.24) is 14.9 Å². The van der Waals surface area contributed by atoms with Crippen LogP contribution in [0.3, 0.4) is 0 Å². The predicted molar refractivity (Wildman–Crippen MR) is 146 cm³/mol. The van der Waals surface area contributed by atoms with Gasteiger partial charge in [0.05, 0.1) is 34.7 Å². The van der Waals surface area contributed by atoms with Gasteiger partial charge in [-0.2, -0.15) is 13.2 Å². The summed E-state index contributed by atoms with van der Waals surface area (Å²) < 4.78 is 45.8. The Bertz CT molecular complexity index is 1600. The second-order valence-corrected chi connectivity index (χ2v) is 10.1. The molecule has 0 radical (unpaired) electrons. The van der Waals surface area contributed by atoms with Gasteiger partial charge in [-0.05, 0) is 42.8 Å². The van der Waals surface area contributed by atoms with Gasteiger partial charge < -0.3 is 24.9 Å². The fraction of sp³-hybridized carbons (Fsp3) is 0.214. The molecule has 13 heteroatoms. The number of hydrogen-bond donors (Lipinski definition) is 2. The van der Waals surface area contributed by atoms with E-state index in [4.69, 9.17) is 16.0 Å². The van der Waals surface area contributed by atoms with Gasteiger partial charge in [0, 0.05) is 18.7 Å². The van der Waals surface area contributed by atoms with Crippen molar-refractivity contribution in [3.63, 3.8) is 0 Å². The van der Waals surface area contributed by atoms with Crippen molar-refractivity contribution in [2.24, 2.45) is 0 Å². The molecule has 9 nitrogen and oxygen atoms in total. The van der Waals surface area contributed by atoms with Crippen molar-refractivity contribution in [3.05, 3.63) is 89.4 Å². The van der Waals surface area contributed by atoms with Crippen LogP contribution in [-0.4, -0.2) is 52.0 Å². The molecule has 4 heterocycles. The van der Waals surface area contributed by atoms with E-state index in [0.29, 0.717) is 35.2 Å². The third kappa shape index (κ3) is 5.30. The molecule has 2 aromatic carbocycles. The summed E-state index contributed by atoms with van der Waals surface area (Å²) in [6, 6.07) is 18.1. The monoisotopic (exact) mass is 582 g/mol. The molecule has 0 spiro atoms. The van der Waals surface area contributed by atoms with Crippen LogP contribution in [0.15, 0.2) is 77.3 Å². The third-order valence-electron chi connectivity index (χ3n) is 7.04. The molecule has 41 heavy (non-hydrogen) atoms. The van der Waals surface area contributed by atoms with E-state index in [1.54, 1.807) is 59.5 Å². The molecule has 210 valence electrons. The van der Waals surface area contributed by atoms with Gasteiger partial charge in [-0.3, -0.25) is 4.79 Å². The molecule has 2 N–H and O–H groups in total. The summed E-state index contributed by atoms with van der Waals surface area (Å²) in [6.07, 6.45) is -2.78. The number of amides is 3. The minimum absolute atomic E-state index is 0.0181. The molecular formula is C28H22ClF3N6O3. The van der Waals surface area contributed by atoms with Crippen molar-refractivity contribution in [1.29, 1.82) is 0 Å². The predicted octanol–water partition coefficient (Wildman–Crippen LogP) is 6.16. The molecule has 3 amide bonds. The zero-order chi connectivity index (χ0) is 28.7. The number of halogens is 4. The lowest BCUT2D eigenvalue weighted by atomic mass is 10.2. The number of benzene rings is 2. The summed E-state index contributed by atoms with van der Waals surface area (Å²) in [5.74, 6) is -2.23. The molecule has 4 aromatic rings. The van der Waals surface area contributed by atoms with E-state index in [-0.39, 0.29) is 29.7 Å². The van der Waals surface area contributed by atoms with E-state index in [0.717, 1.165) is 6.42 Å². The summed E-state index contributed by atoms with van der Waals surface area (Å²) in [4.78, 5) is 37.7. The van der Waals surface area contributed by atoms with Crippen molar-refractivity contribution >= 4 is 40.7 Å². The Kier molecular flexibility index (Phi) is 6.78. The maximum atomic E-state index is 13.6. The molecule has 2 bridgehead atoms. The summed E-state index contributed by atoms with van der Waals surface area (Å²) >= 11 is 6.16. The van der Waals surface area contributed by atoms with E-state index in [2.05, 4.69) is 25.5 Å². The maximum absolute atomic E-state index is 13.6. The first-order chi connectivity index (χ1) is 19.7. The van der Waals surface area contributed by atoms with Gasteiger partial charge in [-0.1, -0.05) is 41.9 Å². The summed E-state index contributed by atoms with van der Waals surface area (Å²) in [5.41, 5.74) is 0.180. The maximum Gasteiger partial charge on any atom is 0.452 e. The molecule has 2 aliphatic rings. The molecule has 0 saturated carbocycles. The van der Waals surface area contributed by atoms with Gasteiger partial charge in [0.1, 0.15) is 5.82 Å². The Morgan fingerprint density at radius 2 is 1.71 bits per heavy atom. The van der Waals surface area contributed by atoms with Crippen molar-refractivity contribution in [2.75, 3.05) is 28.6 Å². The largest absolute Gasteiger partial charge is 0.452 e.